The zero-order valence-corrected chi connectivity index (χ0v) is 10.6. The monoisotopic (exact) mass is 238 g/mol. The molecule has 1 aromatic heterocycles. The molecule has 3 rings (SSSR count). The topological polar surface area (TPSA) is 41.1 Å². The molecule has 2 atom stereocenters. The molecule has 0 saturated carbocycles. The van der Waals surface area contributed by atoms with Gasteiger partial charge in [0.1, 0.15) is 5.82 Å². The van der Waals surface area contributed by atoms with E-state index < -0.39 is 0 Å². The van der Waals surface area contributed by atoms with Gasteiger partial charge in [0.15, 0.2) is 0 Å². The van der Waals surface area contributed by atoms with Crippen LogP contribution in [0, 0.1) is 5.92 Å². The zero-order valence-electron chi connectivity index (χ0n) is 9.81. The Morgan fingerprint density at radius 1 is 1.44 bits per heavy atom. The standard InChI is InChI=1S/C11H18N4S/c1-7(2)10-13-11(16-14-10)15-4-3-8-5-12-6-9(8)15/h7-9,12H,3-6H2,1-2H3/t8-,9+/m0/s1. The Balaban J connectivity index is 1.81. The lowest BCUT2D eigenvalue weighted by Gasteiger charge is -2.21. The molecule has 0 aromatic carbocycles. The van der Waals surface area contributed by atoms with Gasteiger partial charge in [-0.2, -0.15) is 4.37 Å². The van der Waals surface area contributed by atoms with Crippen molar-refractivity contribution < 1.29 is 0 Å². The number of hydrogen-bond acceptors (Lipinski definition) is 5. The van der Waals surface area contributed by atoms with Crippen LogP contribution in [0.2, 0.25) is 0 Å². The number of nitrogens with one attached hydrogen (secondary N) is 1. The fourth-order valence-electron chi connectivity index (χ4n) is 2.66. The Morgan fingerprint density at radius 2 is 2.31 bits per heavy atom. The van der Waals surface area contributed by atoms with E-state index in [1.54, 1.807) is 11.5 Å². The van der Waals surface area contributed by atoms with Crippen LogP contribution in [-0.4, -0.2) is 35.0 Å². The molecule has 0 radical (unpaired) electrons. The Kier molecular flexibility index (Phi) is 2.59. The van der Waals surface area contributed by atoms with Gasteiger partial charge in [0.25, 0.3) is 0 Å². The molecular weight excluding hydrogens is 220 g/mol. The van der Waals surface area contributed by atoms with Crippen LogP contribution < -0.4 is 10.2 Å². The van der Waals surface area contributed by atoms with Crippen LogP contribution in [0.25, 0.3) is 0 Å². The molecule has 0 spiro atoms. The molecule has 2 fully saturated rings. The summed E-state index contributed by atoms with van der Waals surface area (Å²) in [6, 6.07) is 0.660. The number of aromatic nitrogens is 2. The first-order chi connectivity index (χ1) is 7.75. The lowest BCUT2D eigenvalue weighted by Crippen LogP contribution is -2.34. The average Bonchev–Trinajstić information content (AvgIpc) is 2.92. The highest BCUT2D eigenvalue weighted by Gasteiger charge is 2.38. The van der Waals surface area contributed by atoms with E-state index >= 15 is 0 Å². The summed E-state index contributed by atoms with van der Waals surface area (Å²) in [5.74, 6) is 2.26. The van der Waals surface area contributed by atoms with Gasteiger partial charge in [0, 0.05) is 43.1 Å². The summed E-state index contributed by atoms with van der Waals surface area (Å²) in [7, 11) is 0. The molecule has 88 valence electrons. The minimum atomic E-state index is 0.435. The molecule has 1 N–H and O–H groups in total. The van der Waals surface area contributed by atoms with Crippen LogP contribution in [-0.2, 0) is 0 Å². The van der Waals surface area contributed by atoms with Gasteiger partial charge in [-0.25, -0.2) is 4.98 Å². The van der Waals surface area contributed by atoms with Crippen molar-refractivity contribution in [3.63, 3.8) is 0 Å². The average molecular weight is 238 g/mol. The molecule has 4 nitrogen and oxygen atoms in total. The highest BCUT2D eigenvalue weighted by Crippen LogP contribution is 2.33. The Morgan fingerprint density at radius 3 is 3.06 bits per heavy atom. The normalized spacial score (nSPS) is 29.1. The molecule has 2 aliphatic heterocycles. The zero-order chi connectivity index (χ0) is 11.1. The number of rotatable bonds is 2. The molecule has 0 unspecified atom stereocenters. The number of fused-ring (bicyclic) bond motifs is 1. The van der Waals surface area contributed by atoms with Crippen molar-refractivity contribution in [2.45, 2.75) is 32.2 Å². The van der Waals surface area contributed by atoms with Crippen molar-refractivity contribution in [1.82, 2.24) is 14.7 Å². The van der Waals surface area contributed by atoms with E-state index in [1.807, 2.05) is 0 Å². The maximum absolute atomic E-state index is 4.66. The predicted molar refractivity (Wildman–Crippen MR) is 66.1 cm³/mol. The van der Waals surface area contributed by atoms with Crippen LogP contribution in [0.5, 0.6) is 0 Å². The molecule has 5 heteroatoms. The van der Waals surface area contributed by atoms with Crippen molar-refractivity contribution in [3.05, 3.63) is 5.82 Å². The van der Waals surface area contributed by atoms with E-state index in [-0.39, 0.29) is 0 Å². The van der Waals surface area contributed by atoms with Crippen molar-refractivity contribution in [2.75, 3.05) is 24.5 Å². The fourth-order valence-corrected chi connectivity index (χ4v) is 3.56. The van der Waals surface area contributed by atoms with Crippen LogP contribution in [0.15, 0.2) is 0 Å². The van der Waals surface area contributed by atoms with Crippen LogP contribution in [0.3, 0.4) is 0 Å². The molecule has 0 bridgehead atoms. The molecule has 3 heterocycles. The third kappa shape index (κ3) is 1.62. The van der Waals surface area contributed by atoms with E-state index in [1.165, 1.54) is 13.0 Å². The number of hydrogen-bond donors (Lipinski definition) is 1. The maximum atomic E-state index is 4.66. The lowest BCUT2D eigenvalue weighted by molar-refractivity contribution is 0.578. The fraction of sp³-hybridized carbons (Fsp3) is 0.818. The summed E-state index contributed by atoms with van der Waals surface area (Å²) in [4.78, 5) is 7.11. The van der Waals surface area contributed by atoms with Crippen molar-refractivity contribution in [2.24, 2.45) is 5.92 Å². The largest absolute Gasteiger partial charge is 0.342 e. The van der Waals surface area contributed by atoms with E-state index in [9.17, 15) is 0 Å². The summed E-state index contributed by atoms with van der Waals surface area (Å²) in [6.07, 6.45) is 1.30. The maximum Gasteiger partial charge on any atom is 0.205 e. The number of anilines is 1. The molecule has 0 amide bonds. The summed E-state index contributed by atoms with van der Waals surface area (Å²) in [6.45, 7) is 7.74. The molecule has 2 aliphatic rings. The molecule has 16 heavy (non-hydrogen) atoms. The second-order valence-corrected chi connectivity index (χ2v) is 5.79. The molecular formula is C11H18N4S. The number of nitrogens with zero attached hydrogens (tertiary/aromatic N) is 3. The highest BCUT2D eigenvalue weighted by molar-refractivity contribution is 7.09. The first kappa shape index (κ1) is 10.5. The summed E-state index contributed by atoms with van der Waals surface area (Å²) in [5, 5.41) is 4.59. The van der Waals surface area contributed by atoms with E-state index in [0.717, 1.165) is 30.0 Å². The van der Waals surface area contributed by atoms with Gasteiger partial charge < -0.3 is 10.2 Å². The minimum Gasteiger partial charge on any atom is -0.342 e. The van der Waals surface area contributed by atoms with Gasteiger partial charge in [-0.05, 0) is 12.3 Å². The SMILES string of the molecule is CC(C)c1nsc(N2CC[C@H]3CNC[C@H]32)n1. The van der Waals surface area contributed by atoms with Gasteiger partial charge in [-0.15, -0.1) is 0 Å². The van der Waals surface area contributed by atoms with E-state index in [2.05, 4.69) is 33.4 Å². The molecule has 0 aliphatic carbocycles. The van der Waals surface area contributed by atoms with E-state index in [0.29, 0.717) is 12.0 Å². The third-order valence-electron chi connectivity index (χ3n) is 3.64. The van der Waals surface area contributed by atoms with Crippen LogP contribution >= 0.6 is 11.5 Å². The minimum absolute atomic E-state index is 0.435. The van der Waals surface area contributed by atoms with Crippen LogP contribution in [0.1, 0.15) is 32.0 Å². The summed E-state index contributed by atoms with van der Waals surface area (Å²) >= 11 is 1.56. The first-order valence-electron chi connectivity index (χ1n) is 6.06. The Bertz CT molecular complexity index is 376. The van der Waals surface area contributed by atoms with Crippen LogP contribution in [0.4, 0.5) is 5.13 Å². The molecule has 1 aromatic rings. The highest BCUT2D eigenvalue weighted by atomic mass is 32.1. The van der Waals surface area contributed by atoms with Crippen molar-refractivity contribution >= 4 is 16.7 Å². The summed E-state index contributed by atoms with van der Waals surface area (Å²) < 4.78 is 4.44. The van der Waals surface area contributed by atoms with Gasteiger partial charge in [-0.1, -0.05) is 13.8 Å². The quantitative estimate of drug-likeness (QED) is 0.847. The van der Waals surface area contributed by atoms with Crippen molar-refractivity contribution in [1.29, 1.82) is 0 Å². The summed E-state index contributed by atoms with van der Waals surface area (Å²) in [5.41, 5.74) is 0. The first-order valence-corrected chi connectivity index (χ1v) is 6.84. The van der Waals surface area contributed by atoms with Gasteiger partial charge in [-0.3, -0.25) is 0 Å². The predicted octanol–water partition coefficient (Wildman–Crippen LogP) is 1.46. The second kappa shape index (κ2) is 3.96. The third-order valence-corrected chi connectivity index (χ3v) is 4.41. The lowest BCUT2D eigenvalue weighted by atomic mass is 10.1. The molecule has 2 saturated heterocycles. The van der Waals surface area contributed by atoms with Gasteiger partial charge >= 0.3 is 0 Å². The Labute approximate surface area is 100 Å². The second-order valence-electron chi connectivity index (χ2n) is 5.06. The van der Waals surface area contributed by atoms with E-state index in [4.69, 9.17) is 0 Å². The van der Waals surface area contributed by atoms with Gasteiger partial charge in [0.2, 0.25) is 5.13 Å². The van der Waals surface area contributed by atoms with Gasteiger partial charge in [0.05, 0.1) is 0 Å². The van der Waals surface area contributed by atoms with Crippen molar-refractivity contribution in [3.8, 4) is 0 Å². The smallest absolute Gasteiger partial charge is 0.205 e. The Hall–Kier alpha value is -0.680.